The van der Waals surface area contributed by atoms with Crippen molar-refractivity contribution in [3.05, 3.63) is 94.0 Å². The van der Waals surface area contributed by atoms with Crippen LogP contribution in [0.25, 0.3) is 0 Å². The van der Waals surface area contributed by atoms with E-state index in [0.717, 1.165) is 21.0 Å². The van der Waals surface area contributed by atoms with Crippen LogP contribution in [0.15, 0.2) is 71.6 Å². The highest BCUT2D eigenvalue weighted by Gasteiger charge is 2.33. The molecule has 0 fully saturated rings. The number of hydrogen-bond donors (Lipinski definition) is 1. The van der Waals surface area contributed by atoms with Gasteiger partial charge in [0.1, 0.15) is 12.6 Å². The maximum Gasteiger partial charge on any atom is 0.264 e. The molecule has 0 heterocycles. The first-order valence-corrected chi connectivity index (χ1v) is 15.1. The maximum atomic E-state index is 14.1. The Hall–Kier alpha value is -3.36. The fourth-order valence-corrected chi connectivity index (χ4v) is 5.87. The minimum atomic E-state index is -4.13. The zero-order valence-electron chi connectivity index (χ0n) is 23.9. The summed E-state index contributed by atoms with van der Waals surface area (Å²) >= 11 is 6.42. The lowest BCUT2D eigenvalue weighted by Gasteiger charge is -2.33. The first-order chi connectivity index (χ1) is 18.8. The zero-order valence-corrected chi connectivity index (χ0v) is 25.5. The van der Waals surface area contributed by atoms with Crippen LogP contribution in [0.1, 0.15) is 43.0 Å². The topological polar surface area (TPSA) is 86.8 Å². The molecule has 9 heteroatoms. The maximum absolute atomic E-state index is 14.1. The molecule has 2 amide bonds. The molecule has 0 unspecified atom stereocenters. The van der Waals surface area contributed by atoms with E-state index < -0.39 is 28.5 Å². The molecule has 1 N–H and O–H groups in total. The average Bonchev–Trinajstić information content (AvgIpc) is 2.91. The van der Waals surface area contributed by atoms with E-state index in [0.29, 0.717) is 22.8 Å². The van der Waals surface area contributed by atoms with Gasteiger partial charge in [-0.2, -0.15) is 0 Å². The number of carbonyl (C=O) groups excluding carboxylic acids is 2. The van der Waals surface area contributed by atoms with Gasteiger partial charge in [-0.3, -0.25) is 13.9 Å². The number of nitrogens with one attached hydrogen (secondary N) is 1. The van der Waals surface area contributed by atoms with Gasteiger partial charge in [0, 0.05) is 18.1 Å². The molecule has 0 aliphatic rings. The third-order valence-corrected chi connectivity index (χ3v) is 9.03. The van der Waals surface area contributed by atoms with Crippen LogP contribution in [0.4, 0.5) is 5.69 Å². The molecule has 0 aliphatic carbocycles. The fraction of sp³-hybridized carbons (Fsp3) is 0.355. The van der Waals surface area contributed by atoms with Crippen molar-refractivity contribution in [2.45, 2.75) is 59.0 Å². The Labute approximate surface area is 243 Å². The molecule has 0 aromatic heterocycles. The molecule has 0 radical (unpaired) electrons. The van der Waals surface area contributed by atoms with Crippen molar-refractivity contribution in [3.8, 4) is 0 Å². The molecule has 7 nitrogen and oxygen atoms in total. The minimum absolute atomic E-state index is 0.0417. The second-order valence-corrected chi connectivity index (χ2v) is 12.7. The van der Waals surface area contributed by atoms with Gasteiger partial charge in [-0.05, 0) is 74.6 Å². The molecule has 3 aromatic carbocycles. The van der Waals surface area contributed by atoms with Crippen LogP contribution in [0.5, 0.6) is 0 Å². The summed E-state index contributed by atoms with van der Waals surface area (Å²) in [5, 5.41) is 3.34. The molecule has 0 saturated carbocycles. The fourth-order valence-electron chi connectivity index (χ4n) is 4.20. The monoisotopic (exact) mass is 583 g/mol. The van der Waals surface area contributed by atoms with Gasteiger partial charge < -0.3 is 10.2 Å². The average molecular weight is 584 g/mol. The number of halogens is 1. The van der Waals surface area contributed by atoms with E-state index in [9.17, 15) is 18.0 Å². The Morgan fingerprint density at radius 1 is 0.900 bits per heavy atom. The molecule has 0 bridgehead atoms. The first-order valence-electron chi connectivity index (χ1n) is 13.3. The van der Waals surface area contributed by atoms with Crippen molar-refractivity contribution in [1.82, 2.24) is 10.2 Å². The number of nitrogens with zero attached hydrogens (tertiary/aromatic N) is 2. The predicted octanol–water partition coefficient (Wildman–Crippen LogP) is 5.65. The van der Waals surface area contributed by atoms with Crippen molar-refractivity contribution < 1.29 is 18.0 Å². The van der Waals surface area contributed by atoms with E-state index >= 15 is 0 Å². The summed E-state index contributed by atoms with van der Waals surface area (Å²) in [6, 6.07) is 18.1. The molecule has 0 saturated heterocycles. The first kappa shape index (κ1) is 31.2. The molecule has 214 valence electrons. The van der Waals surface area contributed by atoms with Crippen molar-refractivity contribution in [3.63, 3.8) is 0 Å². The largest absolute Gasteiger partial charge is 0.354 e. The number of benzene rings is 3. The van der Waals surface area contributed by atoms with Gasteiger partial charge in [0.05, 0.1) is 10.6 Å². The Kier molecular flexibility index (Phi) is 10.4. The summed E-state index contributed by atoms with van der Waals surface area (Å²) in [5.41, 5.74) is 3.61. The summed E-state index contributed by atoms with van der Waals surface area (Å²) < 4.78 is 29.2. The third kappa shape index (κ3) is 7.43. The molecule has 3 rings (SSSR count). The quantitative estimate of drug-likeness (QED) is 0.316. The summed E-state index contributed by atoms with van der Waals surface area (Å²) in [6.45, 7) is 11.2. The molecule has 3 aromatic rings. The number of carbonyl (C=O) groups is 2. The van der Waals surface area contributed by atoms with E-state index in [1.165, 1.54) is 17.0 Å². The standard InChI is InChI=1S/C31H38ClN3O4S/c1-21(2)18-33-31(37)25(6)34(19-26-11-7-8-12-28(26)32)30(36)20-35(29-13-9-10-23(4)24(29)5)40(38,39)27-16-14-22(3)15-17-27/h7-17,21,25H,18-20H2,1-6H3,(H,33,37)/t25-/m0/s1. The normalized spacial score (nSPS) is 12.2. The Morgan fingerprint density at radius 3 is 2.17 bits per heavy atom. The number of aryl methyl sites for hydroxylation is 2. The highest BCUT2D eigenvalue weighted by atomic mass is 35.5. The number of rotatable bonds is 11. The van der Waals surface area contributed by atoms with Gasteiger partial charge in [0.25, 0.3) is 10.0 Å². The molecule has 0 aliphatic heterocycles. The van der Waals surface area contributed by atoms with Crippen molar-refractivity contribution in [2.24, 2.45) is 5.92 Å². The lowest BCUT2D eigenvalue weighted by atomic mass is 10.1. The van der Waals surface area contributed by atoms with Gasteiger partial charge in [-0.25, -0.2) is 8.42 Å². The highest BCUT2D eigenvalue weighted by molar-refractivity contribution is 7.92. The van der Waals surface area contributed by atoms with Crippen LogP contribution < -0.4 is 9.62 Å². The summed E-state index contributed by atoms with van der Waals surface area (Å²) in [4.78, 5) is 28.6. The van der Waals surface area contributed by atoms with Crippen molar-refractivity contribution >= 4 is 39.1 Å². The summed E-state index contributed by atoms with van der Waals surface area (Å²) in [6.07, 6.45) is 0. The number of anilines is 1. The lowest BCUT2D eigenvalue weighted by molar-refractivity contribution is -0.139. The molecule has 0 spiro atoms. The van der Waals surface area contributed by atoms with Gasteiger partial charge in [0.2, 0.25) is 11.8 Å². The third-order valence-electron chi connectivity index (χ3n) is 6.88. The van der Waals surface area contributed by atoms with Gasteiger partial charge in [0.15, 0.2) is 0 Å². The molecule has 40 heavy (non-hydrogen) atoms. The number of amides is 2. The van der Waals surface area contributed by atoms with Crippen LogP contribution in [0.3, 0.4) is 0 Å². The zero-order chi connectivity index (χ0) is 29.6. The Bertz CT molecular complexity index is 1460. The van der Waals surface area contributed by atoms with Crippen molar-refractivity contribution in [1.29, 1.82) is 0 Å². The van der Waals surface area contributed by atoms with Gasteiger partial charge >= 0.3 is 0 Å². The van der Waals surface area contributed by atoms with E-state index in [4.69, 9.17) is 11.6 Å². The Balaban J connectivity index is 2.07. The molecular weight excluding hydrogens is 546 g/mol. The second kappa shape index (κ2) is 13.3. The summed E-state index contributed by atoms with van der Waals surface area (Å²) in [5.74, 6) is -0.624. The number of sulfonamides is 1. The van der Waals surface area contributed by atoms with Crippen LogP contribution in [0.2, 0.25) is 5.02 Å². The smallest absolute Gasteiger partial charge is 0.264 e. The van der Waals surface area contributed by atoms with Crippen LogP contribution in [0, 0.1) is 26.7 Å². The SMILES string of the molecule is Cc1ccc(S(=O)(=O)N(CC(=O)N(Cc2ccccc2Cl)[C@@H](C)C(=O)NCC(C)C)c2cccc(C)c2C)cc1. The van der Waals surface area contributed by atoms with E-state index in [-0.39, 0.29) is 23.3 Å². The van der Waals surface area contributed by atoms with E-state index in [2.05, 4.69) is 5.32 Å². The molecule has 1 atom stereocenters. The van der Waals surface area contributed by atoms with Gasteiger partial charge in [-0.1, -0.05) is 73.5 Å². The second-order valence-electron chi connectivity index (χ2n) is 10.5. The Morgan fingerprint density at radius 2 is 1.55 bits per heavy atom. The number of hydrogen-bond acceptors (Lipinski definition) is 4. The summed E-state index contributed by atoms with van der Waals surface area (Å²) in [7, 11) is -4.13. The lowest BCUT2D eigenvalue weighted by Crippen LogP contribution is -2.51. The minimum Gasteiger partial charge on any atom is -0.354 e. The highest BCUT2D eigenvalue weighted by Crippen LogP contribution is 2.29. The van der Waals surface area contributed by atoms with Crippen LogP contribution in [-0.2, 0) is 26.2 Å². The van der Waals surface area contributed by atoms with Gasteiger partial charge in [-0.15, -0.1) is 0 Å². The van der Waals surface area contributed by atoms with Crippen LogP contribution in [-0.4, -0.2) is 44.3 Å². The van der Waals surface area contributed by atoms with Crippen LogP contribution >= 0.6 is 11.6 Å². The van der Waals surface area contributed by atoms with E-state index in [1.54, 1.807) is 55.5 Å². The predicted molar refractivity (Wildman–Crippen MR) is 161 cm³/mol. The van der Waals surface area contributed by atoms with Crippen molar-refractivity contribution in [2.75, 3.05) is 17.4 Å². The van der Waals surface area contributed by atoms with E-state index in [1.807, 2.05) is 40.7 Å². The molecular formula is C31H38ClN3O4S.